The van der Waals surface area contributed by atoms with Gasteiger partial charge in [-0.15, -0.1) is 11.8 Å². The van der Waals surface area contributed by atoms with E-state index in [1.165, 1.54) is 5.57 Å². The number of hydrogen-bond donors (Lipinski definition) is 3. The van der Waals surface area contributed by atoms with Gasteiger partial charge in [0.25, 0.3) is 0 Å². The zero-order valence-electron chi connectivity index (χ0n) is 20.0. The molecule has 1 amide bonds. The minimum atomic E-state index is -0.526. The predicted molar refractivity (Wildman–Crippen MR) is 133 cm³/mol. The van der Waals surface area contributed by atoms with E-state index in [9.17, 15) is 15.0 Å². The van der Waals surface area contributed by atoms with Crippen molar-refractivity contribution in [1.29, 1.82) is 0 Å². The smallest absolute Gasteiger partial charge is 0.220 e. The summed E-state index contributed by atoms with van der Waals surface area (Å²) in [6, 6.07) is 9.97. The first kappa shape index (κ1) is 25.3. The van der Waals surface area contributed by atoms with E-state index in [1.807, 2.05) is 50.3 Å². The standard InChI is InChI=1S/C29H39NO3/c1-3-4-10-21(2)27(31)16-15-25-26-18-23(17-24(26)19-28(25)32)13-8-9-14-29(33)30-20-22-11-6-5-7-12-22/h5-7,11-13,15-16,21,24-28,31-32H,8-10,14,17-20H2,1-2H3,(H,30,33)/b16-15+,23-13+/t21-,24-,25+,26-,27+,28+/m0/s1. The first-order chi connectivity index (χ1) is 16.0. The Hall–Kier alpha value is -2.35. The quantitative estimate of drug-likeness (QED) is 0.274. The maximum absolute atomic E-state index is 12.1. The second-order valence-electron chi connectivity index (χ2n) is 9.71. The second-order valence-corrected chi connectivity index (χ2v) is 9.71. The van der Waals surface area contributed by atoms with Gasteiger partial charge in [-0.1, -0.05) is 61.1 Å². The van der Waals surface area contributed by atoms with Gasteiger partial charge >= 0.3 is 0 Å². The van der Waals surface area contributed by atoms with Crippen LogP contribution >= 0.6 is 0 Å². The fraction of sp³-hybridized carbons (Fsp3) is 0.552. The van der Waals surface area contributed by atoms with Gasteiger partial charge in [-0.3, -0.25) is 4.79 Å². The van der Waals surface area contributed by atoms with Crippen LogP contribution in [0, 0.1) is 35.5 Å². The number of fused-ring (bicyclic) bond motifs is 1. The minimum absolute atomic E-state index is 0.0898. The molecule has 0 aliphatic heterocycles. The molecule has 0 bridgehead atoms. The third-order valence-electron chi connectivity index (χ3n) is 7.20. The molecule has 0 heterocycles. The molecule has 0 aromatic heterocycles. The van der Waals surface area contributed by atoms with Crippen LogP contribution in [0.15, 0.2) is 54.1 Å². The van der Waals surface area contributed by atoms with Crippen molar-refractivity contribution in [3.05, 3.63) is 59.7 Å². The molecule has 2 aliphatic rings. The van der Waals surface area contributed by atoms with E-state index in [2.05, 4.69) is 29.3 Å². The topological polar surface area (TPSA) is 69.6 Å². The van der Waals surface area contributed by atoms with Crippen molar-refractivity contribution >= 4 is 5.91 Å². The Morgan fingerprint density at radius 2 is 2.06 bits per heavy atom. The van der Waals surface area contributed by atoms with Crippen LogP contribution in [0.4, 0.5) is 0 Å². The van der Waals surface area contributed by atoms with E-state index in [4.69, 9.17) is 0 Å². The van der Waals surface area contributed by atoms with Crippen LogP contribution in [0.5, 0.6) is 0 Å². The molecule has 33 heavy (non-hydrogen) atoms. The molecule has 1 aromatic rings. The number of carbonyl (C=O) groups is 1. The van der Waals surface area contributed by atoms with Crippen molar-refractivity contribution in [1.82, 2.24) is 5.32 Å². The van der Waals surface area contributed by atoms with Crippen LogP contribution in [0.1, 0.15) is 64.4 Å². The predicted octanol–water partition coefficient (Wildman–Crippen LogP) is 4.77. The maximum Gasteiger partial charge on any atom is 0.220 e. The lowest BCUT2D eigenvalue weighted by Crippen LogP contribution is -2.22. The molecule has 6 atom stereocenters. The highest BCUT2D eigenvalue weighted by Crippen LogP contribution is 2.50. The van der Waals surface area contributed by atoms with E-state index in [0.29, 0.717) is 31.2 Å². The Kier molecular flexibility index (Phi) is 9.78. The van der Waals surface area contributed by atoms with Gasteiger partial charge in [0.15, 0.2) is 0 Å². The number of aliphatic hydroxyl groups is 2. The number of hydrogen-bond acceptors (Lipinski definition) is 3. The van der Waals surface area contributed by atoms with E-state index >= 15 is 0 Å². The van der Waals surface area contributed by atoms with Gasteiger partial charge in [0.05, 0.1) is 12.2 Å². The van der Waals surface area contributed by atoms with E-state index in [-0.39, 0.29) is 23.8 Å². The lowest BCUT2D eigenvalue weighted by Gasteiger charge is -2.19. The highest BCUT2D eigenvalue weighted by atomic mass is 16.3. The summed E-state index contributed by atoms with van der Waals surface area (Å²) in [7, 11) is 0. The van der Waals surface area contributed by atoms with Crippen LogP contribution < -0.4 is 5.32 Å². The molecule has 0 spiro atoms. The number of aliphatic hydroxyl groups excluding tert-OH is 2. The SMILES string of the molecule is CC#CC[C@H](C)[C@H](O)/C=C/[C@@H]1[C@H]2C/C(=C/CCCC(=O)NCc3ccccc3)C[C@H]2C[C@H]1O. The molecule has 0 unspecified atom stereocenters. The molecular formula is C29H39NO3. The first-order valence-corrected chi connectivity index (χ1v) is 12.4. The summed E-state index contributed by atoms with van der Waals surface area (Å²) in [5, 5.41) is 23.9. The average molecular weight is 450 g/mol. The number of carbonyl (C=O) groups excluding carboxylic acids is 1. The lowest BCUT2D eigenvalue weighted by atomic mass is 9.89. The van der Waals surface area contributed by atoms with Crippen molar-refractivity contribution in [2.45, 2.75) is 77.5 Å². The molecule has 0 radical (unpaired) electrons. The van der Waals surface area contributed by atoms with E-state index < -0.39 is 6.10 Å². The third-order valence-corrected chi connectivity index (χ3v) is 7.20. The Morgan fingerprint density at radius 3 is 2.82 bits per heavy atom. The summed E-state index contributed by atoms with van der Waals surface area (Å²) in [5.74, 6) is 7.19. The molecule has 178 valence electrons. The van der Waals surface area contributed by atoms with E-state index in [1.54, 1.807) is 0 Å². The summed E-state index contributed by atoms with van der Waals surface area (Å²) in [4.78, 5) is 12.1. The van der Waals surface area contributed by atoms with Gasteiger partial charge in [-0.05, 0) is 62.3 Å². The molecule has 4 nitrogen and oxygen atoms in total. The van der Waals surface area contributed by atoms with Gasteiger partial charge in [0.1, 0.15) is 0 Å². The monoisotopic (exact) mass is 449 g/mol. The minimum Gasteiger partial charge on any atom is -0.392 e. The van der Waals surface area contributed by atoms with Crippen molar-refractivity contribution in [2.24, 2.45) is 23.7 Å². The largest absolute Gasteiger partial charge is 0.392 e. The fourth-order valence-electron chi connectivity index (χ4n) is 5.21. The van der Waals surface area contributed by atoms with E-state index in [0.717, 1.165) is 37.7 Å². The Bertz CT molecular complexity index is 879. The zero-order valence-corrected chi connectivity index (χ0v) is 20.0. The van der Waals surface area contributed by atoms with Gasteiger partial charge in [0, 0.05) is 25.3 Å². The third kappa shape index (κ3) is 7.59. The van der Waals surface area contributed by atoms with Crippen LogP contribution in [0.2, 0.25) is 0 Å². The highest BCUT2D eigenvalue weighted by Gasteiger charge is 2.44. The molecule has 4 heteroatoms. The summed E-state index contributed by atoms with van der Waals surface area (Å²) >= 11 is 0. The molecule has 2 aliphatic carbocycles. The van der Waals surface area contributed by atoms with Gasteiger partial charge < -0.3 is 15.5 Å². The molecule has 3 rings (SSSR count). The number of allylic oxidation sites excluding steroid dienone is 2. The first-order valence-electron chi connectivity index (χ1n) is 12.4. The molecule has 2 fully saturated rings. The highest BCUT2D eigenvalue weighted by molar-refractivity contribution is 5.75. The van der Waals surface area contributed by atoms with Gasteiger partial charge in [0.2, 0.25) is 5.91 Å². The summed E-state index contributed by atoms with van der Waals surface area (Å²) < 4.78 is 0. The summed E-state index contributed by atoms with van der Waals surface area (Å²) in [5.41, 5.74) is 2.58. The summed E-state index contributed by atoms with van der Waals surface area (Å²) in [6.45, 7) is 4.41. The maximum atomic E-state index is 12.1. The zero-order chi connectivity index (χ0) is 23.6. The Labute approximate surface area is 199 Å². The number of nitrogens with one attached hydrogen (secondary N) is 1. The molecular weight excluding hydrogens is 410 g/mol. The van der Waals surface area contributed by atoms with Crippen LogP contribution in [0.3, 0.4) is 0 Å². The number of benzene rings is 1. The summed E-state index contributed by atoms with van der Waals surface area (Å²) in [6.07, 6.45) is 11.3. The number of amides is 1. The Balaban J connectivity index is 1.41. The Morgan fingerprint density at radius 1 is 1.27 bits per heavy atom. The van der Waals surface area contributed by atoms with Crippen molar-refractivity contribution in [2.75, 3.05) is 0 Å². The van der Waals surface area contributed by atoms with Crippen molar-refractivity contribution in [3.8, 4) is 11.8 Å². The second kappa shape index (κ2) is 12.8. The normalized spacial score (nSPS) is 27.2. The lowest BCUT2D eigenvalue weighted by molar-refractivity contribution is -0.121. The van der Waals surface area contributed by atoms with Crippen LogP contribution in [0.25, 0.3) is 0 Å². The van der Waals surface area contributed by atoms with Gasteiger partial charge in [-0.2, -0.15) is 0 Å². The average Bonchev–Trinajstić information content (AvgIpc) is 3.34. The molecule has 3 N–H and O–H groups in total. The molecule has 1 aromatic carbocycles. The molecule has 0 saturated heterocycles. The van der Waals surface area contributed by atoms with Crippen LogP contribution in [-0.2, 0) is 11.3 Å². The van der Waals surface area contributed by atoms with Crippen molar-refractivity contribution in [3.63, 3.8) is 0 Å². The fourth-order valence-corrected chi connectivity index (χ4v) is 5.21. The number of rotatable bonds is 10. The molecule has 2 saturated carbocycles. The van der Waals surface area contributed by atoms with Crippen molar-refractivity contribution < 1.29 is 15.0 Å². The van der Waals surface area contributed by atoms with Gasteiger partial charge in [-0.25, -0.2) is 0 Å². The van der Waals surface area contributed by atoms with Crippen LogP contribution in [-0.4, -0.2) is 28.3 Å². The number of unbranched alkanes of at least 4 members (excludes halogenated alkanes) is 1.